The fourth-order valence-electron chi connectivity index (χ4n) is 2.77. The average molecular weight is 363 g/mol. The second kappa shape index (κ2) is 6.45. The van der Waals surface area contributed by atoms with Crippen molar-refractivity contribution in [1.29, 1.82) is 0 Å². The molecule has 7 nitrogen and oxygen atoms in total. The first-order valence-corrected chi connectivity index (χ1v) is 8.18. The third-order valence-corrected chi connectivity index (χ3v) is 4.10. The molecule has 1 aliphatic rings. The molecule has 0 saturated carbocycles. The predicted molar refractivity (Wildman–Crippen MR) is 97.2 cm³/mol. The molecular formula is C20H15N2O5+. The number of benzene rings is 3. The maximum absolute atomic E-state index is 12.8. The normalized spacial score (nSPS) is 12.1. The van der Waals surface area contributed by atoms with Gasteiger partial charge in [0.25, 0.3) is 10.8 Å². The number of para-hydroxylation sites is 2. The topological polar surface area (TPSA) is 87.9 Å². The highest BCUT2D eigenvalue weighted by molar-refractivity contribution is 6.10. The van der Waals surface area contributed by atoms with Crippen LogP contribution in [-0.4, -0.2) is 16.0 Å². The average Bonchev–Trinajstić information content (AvgIpc) is 2.79. The number of carbonyl (C=O) groups is 1. The summed E-state index contributed by atoms with van der Waals surface area (Å²) < 4.78 is 11.7. The van der Waals surface area contributed by atoms with Crippen LogP contribution >= 0.6 is 0 Å². The van der Waals surface area contributed by atoms with Gasteiger partial charge in [-0.3, -0.25) is 4.79 Å². The van der Waals surface area contributed by atoms with Crippen LogP contribution in [0.1, 0.15) is 15.9 Å². The number of hydrogen-bond donors (Lipinski definition) is 2. The first-order valence-electron chi connectivity index (χ1n) is 8.18. The van der Waals surface area contributed by atoms with Crippen molar-refractivity contribution in [3.05, 3.63) is 76.7 Å². The number of amides is 1. The molecule has 134 valence electrons. The molecule has 4 rings (SSSR count). The van der Waals surface area contributed by atoms with Crippen molar-refractivity contribution in [2.45, 2.75) is 6.92 Å². The van der Waals surface area contributed by atoms with Crippen LogP contribution in [0.4, 0.5) is 11.4 Å². The number of fused-ring (bicyclic) bond motifs is 2. The van der Waals surface area contributed by atoms with E-state index in [2.05, 4.69) is 5.32 Å². The maximum atomic E-state index is 12.8. The minimum absolute atomic E-state index is 0.0894. The largest absolute Gasteiger partial charge is 0.456 e. The molecule has 0 saturated heterocycles. The summed E-state index contributed by atoms with van der Waals surface area (Å²) in [6.45, 7) is 1.94. The molecule has 0 aromatic heterocycles. The van der Waals surface area contributed by atoms with Crippen molar-refractivity contribution in [2.75, 3.05) is 5.32 Å². The molecule has 0 radical (unpaired) electrons. The molecule has 7 heteroatoms. The maximum Gasteiger partial charge on any atom is 0.324 e. The van der Waals surface area contributed by atoms with E-state index < -0.39 is 5.91 Å². The van der Waals surface area contributed by atoms with Crippen LogP contribution in [0.5, 0.6) is 23.0 Å². The Morgan fingerprint density at radius 2 is 1.78 bits per heavy atom. The van der Waals surface area contributed by atoms with Gasteiger partial charge in [0.2, 0.25) is 0 Å². The van der Waals surface area contributed by atoms with Gasteiger partial charge in [0, 0.05) is 0 Å². The van der Waals surface area contributed by atoms with E-state index in [0.717, 1.165) is 5.56 Å². The number of carbonyl (C=O) groups excluding carboxylic acids is 1. The van der Waals surface area contributed by atoms with Crippen LogP contribution in [0.2, 0.25) is 0 Å². The monoisotopic (exact) mass is 363 g/mol. The van der Waals surface area contributed by atoms with Crippen molar-refractivity contribution in [1.82, 2.24) is 0 Å². The fraction of sp³-hybridized carbons (Fsp3) is 0.0500. The van der Waals surface area contributed by atoms with E-state index in [1.54, 1.807) is 36.4 Å². The predicted octanol–water partition coefficient (Wildman–Crippen LogP) is 4.94. The molecule has 1 amide bonds. The molecule has 3 aromatic carbocycles. The summed E-state index contributed by atoms with van der Waals surface area (Å²) in [7, 11) is 0. The lowest BCUT2D eigenvalue weighted by atomic mass is 10.1. The van der Waals surface area contributed by atoms with Gasteiger partial charge in [0.1, 0.15) is 11.3 Å². The Morgan fingerprint density at radius 3 is 2.52 bits per heavy atom. The van der Waals surface area contributed by atoms with E-state index in [9.17, 15) is 14.9 Å². The number of ether oxygens (including phenoxy) is 2. The summed E-state index contributed by atoms with van der Waals surface area (Å²) in [6, 6.07) is 16.7. The van der Waals surface area contributed by atoms with Gasteiger partial charge in [-0.1, -0.05) is 29.8 Å². The van der Waals surface area contributed by atoms with E-state index in [-0.39, 0.29) is 27.7 Å². The minimum Gasteiger partial charge on any atom is -0.456 e. The van der Waals surface area contributed by atoms with Gasteiger partial charge in [-0.15, -0.1) is 0 Å². The van der Waals surface area contributed by atoms with Gasteiger partial charge < -0.3 is 14.8 Å². The Hall–Kier alpha value is -3.87. The first kappa shape index (κ1) is 16.6. The molecule has 0 unspecified atom stereocenters. The summed E-state index contributed by atoms with van der Waals surface area (Å²) in [5, 5.41) is 12.1. The lowest BCUT2D eigenvalue weighted by Gasteiger charge is -2.12. The van der Waals surface area contributed by atoms with Crippen molar-refractivity contribution < 1.29 is 24.4 Å². The third-order valence-electron chi connectivity index (χ3n) is 4.10. The Morgan fingerprint density at radius 1 is 1.04 bits per heavy atom. The van der Waals surface area contributed by atoms with Crippen LogP contribution in [0.25, 0.3) is 0 Å². The number of hydrogen-bond acceptors (Lipinski definition) is 4. The first-order chi connectivity index (χ1) is 13.0. The van der Waals surface area contributed by atoms with E-state index in [0.29, 0.717) is 17.2 Å². The molecule has 1 heterocycles. The lowest BCUT2D eigenvalue weighted by Crippen LogP contribution is -2.12. The van der Waals surface area contributed by atoms with Crippen LogP contribution in [0, 0.1) is 11.8 Å². The molecular weight excluding hydrogens is 348 g/mol. The quantitative estimate of drug-likeness (QED) is 0.643. The van der Waals surface area contributed by atoms with Crippen LogP contribution in [0.3, 0.4) is 0 Å². The molecule has 3 aromatic rings. The molecule has 2 N–H and O–H groups in total. The number of aryl methyl sites for hydroxylation is 1. The number of rotatable bonds is 3. The number of anilines is 1. The van der Waals surface area contributed by atoms with Crippen molar-refractivity contribution >= 4 is 17.3 Å². The Labute approximate surface area is 154 Å². The van der Waals surface area contributed by atoms with E-state index >= 15 is 0 Å². The van der Waals surface area contributed by atoms with Crippen molar-refractivity contribution in [2.24, 2.45) is 0 Å². The minimum atomic E-state index is -0.445. The van der Waals surface area contributed by atoms with Gasteiger partial charge in [-0.05, 0) is 31.2 Å². The lowest BCUT2D eigenvalue weighted by molar-refractivity contribution is -0.729. The van der Waals surface area contributed by atoms with E-state index in [4.69, 9.17) is 9.47 Å². The SMILES string of the molecule is Cc1ccc(Oc2cc([N+](=O)O)cc3c2C(=O)Nc2ccccc2O3)cc1. The fourth-order valence-corrected chi connectivity index (χ4v) is 2.77. The molecule has 0 atom stereocenters. The summed E-state index contributed by atoms with van der Waals surface area (Å²) in [6.07, 6.45) is 0. The smallest absolute Gasteiger partial charge is 0.324 e. The van der Waals surface area contributed by atoms with Crippen molar-refractivity contribution in [3.63, 3.8) is 0 Å². The zero-order valence-electron chi connectivity index (χ0n) is 14.3. The third kappa shape index (κ3) is 3.18. The van der Waals surface area contributed by atoms with E-state index in [1.165, 1.54) is 12.1 Å². The number of nitrogens with zero attached hydrogens (tertiary/aromatic N) is 1. The van der Waals surface area contributed by atoms with Gasteiger partial charge in [-0.25, -0.2) is 5.21 Å². The zero-order valence-corrected chi connectivity index (χ0v) is 14.3. The Kier molecular flexibility index (Phi) is 3.97. The van der Waals surface area contributed by atoms with Gasteiger partial charge in [0.05, 0.1) is 22.7 Å². The molecule has 0 spiro atoms. The van der Waals surface area contributed by atoms with Gasteiger partial charge in [-0.2, -0.15) is 0 Å². The van der Waals surface area contributed by atoms with Crippen LogP contribution in [0.15, 0.2) is 60.7 Å². The van der Waals surface area contributed by atoms with E-state index in [1.807, 2.05) is 19.1 Å². The molecule has 0 aliphatic carbocycles. The van der Waals surface area contributed by atoms with Crippen LogP contribution in [-0.2, 0) is 0 Å². The highest BCUT2D eigenvalue weighted by atomic mass is 16.6. The second-order valence-electron chi connectivity index (χ2n) is 6.06. The molecule has 0 bridgehead atoms. The Bertz CT molecular complexity index is 1060. The summed E-state index contributed by atoms with van der Waals surface area (Å²) >= 11 is 0. The number of nitrogens with one attached hydrogen (secondary N) is 1. The van der Waals surface area contributed by atoms with Crippen LogP contribution < -0.4 is 14.8 Å². The summed E-state index contributed by atoms with van der Waals surface area (Å²) in [5.74, 6) is 0.640. The van der Waals surface area contributed by atoms with Gasteiger partial charge >= 0.3 is 5.69 Å². The van der Waals surface area contributed by atoms with Gasteiger partial charge in [0.15, 0.2) is 17.2 Å². The zero-order chi connectivity index (χ0) is 19.0. The summed E-state index contributed by atoms with van der Waals surface area (Å²) in [4.78, 5) is 23.9. The second-order valence-corrected chi connectivity index (χ2v) is 6.06. The highest BCUT2D eigenvalue weighted by Crippen LogP contribution is 2.42. The summed E-state index contributed by atoms with van der Waals surface area (Å²) in [5.41, 5.74) is 1.54. The highest BCUT2D eigenvalue weighted by Gasteiger charge is 2.30. The molecule has 0 fully saturated rings. The molecule has 27 heavy (non-hydrogen) atoms. The standard InChI is InChI=1S/C20H14N2O5/c1-12-6-8-14(9-7-12)26-17-10-13(22(24)25)11-18-19(17)20(23)21-15-4-2-3-5-16(15)27-18/h2-11H,1H3,(H-,21,23,24,25)/p+1. The Balaban J connectivity index is 1.85. The molecule has 1 aliphatic heterocycles. The van der Waals surface area contributed by atoms with Crippen molar-refractivity contribution in [3.8, 4) is 23.0 Å².